The molecule has 0 bridgehead atoms. The van der Waals surface area contributed by atoms with Crippen LogP contribution in [0.2, 0.25) is 0 Å². The molecule has 19 heavy (non-hydrogen) atoms. The molecule has 2 rings (SSSR count). The maximum atomic E-state index is 13.1. The molecule has 1 heterocycles. The fourth-order valence-electron chi connectivity index (χ4n) is 2.04. The first-order valence-electron chi connectivity index (χ1n) is 5.84. The van der Waals surface area contributed by atoms with Crippen molar-refractivity contribution >= 4 is 31.7 Å². The molecule has 1 saturated heterocycles. The van der Waals surface area contributed by atoms with Gasteiger partial charge in [0, 0.05) is 11.6 Å². The van der Waals surface area contributed by atoms with E-state index in [1.54, 1.807) is 0 Å². The number of rotatable bonds is 2. The Kier molecular flexibility index (Phi) is 4.25. The van der Waals surface area contributed by atoms with E-state index in [2.05, 4.69) is 21.2 Å². The predicted molar refractivity (Wildman–Crippen MR) is 73.2 cm³/mol. The second-order valence-electron chi connectivity index (χ2n) is 4.56. The van der Waals surface area contributed by atoms with Crippen LogP contribution in [0.4, 0.5) is 4.39 Å². The highest BCUT2D eigenvalue weighted by Gasteiger charge is 2.26. The Morgan fingerprint density at radius 3 is 2.79 bits per heavy atom. The van der Waals surface area contributed by atoms with Crippen LogP contribution in [0.15, 0.2) is 22.7 Å². The van der Waals surface area contributed by atoms with Gasteiger partial charge in [-0.3, -0.25) is 4.79 Å². The van der Waals surface area contributed by atoms with Crippen molar-refractivity contribution in [2.45, 2.75) is 18.9 Å². The highest BCUT2D eigenvalue weighted by atomic mass is 79.9. The summed E-state index contributed by atoms with van der Waals surface area (Å²) < 4.78 is 36.2. The summed E-state index contributed by atoms with van der Waals surface area (Å²) in [5.41, 5.74) is 0.302. The van der Waals surface area contributed by atoms with E-state index in [4.69, 9.17) is 0 Å². The van der Waals surface area contributed by atoms with Crippen LogP contribution in [-0.4, -0.2) is 31.9 Å². The Labute approximate surface area is 119 Å². The third kappa shape index (κ3) is 3.76. The molecule has 0 aromatic heterocycles. The lowest BCUT2D eigenvalue weighted by Crippen LogP contribution is -2.43. The molecule has 1 unspecified atom stereocenters. The van der Waals surface area contributed by atoms with Gasteiger partial charge >= 0.3 is 0 Å². The molecule has 1 aliphatic rings. The minimum atomic E-state index is -3.06. The largest absolute Gasteiger partial charge is 0.348 e. The summed E-state index contributed by atoms with van der Waals surface area (Å²) in [6, 6.07) is 3.57. The molecule has 1 N–H and O–H groups in total. The summed E-state index contributed by atoms with van der Waals surface area (Å²) in [5.74, 6) is -0.678. The molecule has 104 valence electrons. The van der Waals surface area contributed by atoms with Crippen molar-refractivity contribution < 1.29 is 17.6 Å². The van der Waals surface area contributed by atoms with E-state index in [-0.39, 0.29) is 27.9 Å². The lowest BCUT2D eigenvalue weighted by molar-refractivity contribution is 0.0938. The second-order valence-corrected chi connectivity index (χ2v) is 7.64. The molecular weight excluding hydrogens is 337 g/mol. The number of nitrogens with one attached hydrogen (secondary N) is 1. The monoisotopic (exact) mass is 349 g/mol. The second kappa shape index (κ2) is 5.58. The van der Waals surface area contributed by atoms with Crippen LogP contribution >= 0.6 is 15.9 Å². The van der Waals surface area contributed by atoms with Gasteiger partial charge in [-0.25, -0.2) is 12.8 Å². The van der Waals surface area contributed by atoms with Gasteiger partial charge in [0.05, 0.1) is 16.0 Å². The van der Waals surface area contributed by atoms with Gasteiger partial charge in [0.1, 0.15) is 5.82 Å². The minimum Gasteiger partial charge on any atom is -0.348 e. The van der Waals surface area contributed by atoms with Crippen molar-refractivity contribution in [3.8, 4) is 0 Å². The average molecular weight is 350 g/mol. The van der Waals surface area contributed by atoms with Crippen LogP contribution in [0.5, 0.6) is 0 Å². The van der Waals surface area contributed by atoms with Crippen LogP contribution in [-0.2, 0) is 9.84 Å². The normalized spacial score (nSPS) is 21.9. The molecule has 1 atom stereocenters. The number of halogens is 2. The maximum absolute atomic E-state index is 13.1. The van der Waals surface area contributed by atoms with E-state index >= 15 is 0 Å². The summed E-state index contributed by atoms with van der Waals surface area (Å²) in [5, 5.41) is 2.68. The van der Waals surface area contributed by atoms with E-state index in [1.165, 1.54) is 18.2 Å². The molecule has 0 aliphatic carbocycles. The Hall–Kier alpha value is -0.950. The molecule has 0 saturated carbocycles. The summed E-state index contributed by atoms with van der Waals surface area (Å²) in [4.78, 5) is 11.9. The van der Waals surface area contributed by atoms with E-state index in [1.807, 2.05) is 0 Å². The summed E-state index contributed by atoms with van der Waals surface area (Å²) >= 11 is 3.01. The van der Waals surface area contributed by atoms with Crippen molar-refractivity contribution in [3.05, 3.63) is 34.1 Å². The number of sulfone groups is 1. The maximum Gasteiger partial charge on any atom is 0.251 e. The van der Waals surface area contributed by atoms with Crippen molar-refractivity contribution in [1.29, 1.82) is 0 Å². The SMILES string of the molecule is O=C(NC1CCCS(=O)(=O)C1)c1ccc(F)c(Br)c1. The Morgan fingerprint density at radius 1 is 1.42 bits per heavy atom. The highest BCUT2D eigenvalue weighted by molar-refractivity contribution is 9.10. The lowest BCUT2D eigenvalue weighted by Gasteiger charge is -2.23. The minimum absolute atomic E-state index is 0.0267. The van der Waals surface area contributed by atoms with Crippen molar-refractivity contribution in [2.24, 2.45) is 0 Å². The van der Waals surface area contributed by atoms with Gasteiger partial charge < -0.3 is 5.32 Å². The summed E-state index contributed by atoms with van der Waals surface area (Å²) in [7, 11) is -3.06. The quantitative estimate of drug-likeness (QED) is 0.886. The molecular formula is C12H13BrFNO3S. The Bertz CT molecular complexity index is 603. The van der Waals surface area contributed by atoms with Gasteiger partial charge in [0.15, 0.2) is 9.84 Å². The third-order valence-corrected chi connectivity index (χ3v) is 5.41. The first-order chi connectivity index (χ1) is 8.87. The van der Waals surface area contributed by atoms with Gasteiger partial charge in [-0.2, -0.15) is 0 Å². The van der Waals surface area contributed by atoms with E-state index < -0.39 is 15.7 Å². The van der Waals surface area contributed by atoms with Gasteiger partial charge in [0.25, 0.3) is 5.91 Å². The number of amides is 1. The number of hydrogen-bond donors (Lipinski definition) is 1. The first-order valence-corrected chi connectivity index (χ1v) is 8.45. The van der Waals surface area contributed by atoms with Gasteiger partial charge in [-0.05, 0) is 47.0 Å². The van der Waals surface area contributed by atoms with Gasteiger partial charge in [0.2, 0.25) is 0 Å². The number of benzene rings is 1. The van der Waals surface area contributed by atoms with E-state index in [0.717, 1.165) is 0 Å². The summed E-state index contributed by atoms with van der Waals surface area (Å²) in [6.45, 7) is 0. The Balaban J connectivity index is 2.06. The summed E-state index contributed by atoms with van der Waals surface area (Å²) in [6.07, 6.45) is 1.20. The van der Waals surface area contributed by atoms with E-state index in [9.17, 15) is 17.6 Å². The molecule has 1 fully saturated rings. The zero-order valence-electron chi connectivity index (χ0n) is 10.0. The zero-order valence-corrected chi connectivity index (χ0v) is 12.4. The van der Waals surface area contributed by atoms with E-state index in [0.29, 0.717) is 18.4 Å². The number of hydrogen-bond acceptors (Lipinski definition) is 3. The van der Waals surface area contributed by atoms with Crippen LogP contribution in [0, 0.1) is 5.82 Å². The smallest absolute Gasteiger partial charge is 0.251 e. The van der Waals surface area contributed by atoms with Crippen LogP contribution in [0.1, 0.15) is 23.2 Å². The molecule has 1 aromatic rings. The van der Waals surface area contributed by atoms with Crippen molar-refractivity contribution in [2.75, 3.05) is 11.5 Å². The predicted octanol–water partition coefficient (Wildman–Crippen LogP) is 1.90. The van der Waals surface area contributed by atoms with Crippen LogP contribution in [0.25, 0.3) is 0 Å². The fourth-order valence-corrected chi connectivity index (χ4v) is 4.06. The number of carbonyl (C=O) groups excluding carboxylic acids is 1. The molecule has 0 radical (unpaired) electrons. The Morgan fingerprint density at radius 2 is 2.16 bits per heavy atom. The highest BCUT2D eigenvalue weighted by Crippen LogP contribution is 2.18. The zero-order chi connectivity index (χ0) is 14.0. The number of carbonyl (C=O) groups is 1. The van der Waals surface area contributed by atoms with Crippen molar-refractivity contribution in [3.63, 3.8) is 0 Å². The first kappa shape index (κ1) is 14.5. The molecule has 1 aliphatic heterocycles. The topological polar surface area (TPSA) is 63.2 Å². The molecule has 1 aromatic carbocycles. The fraction of sp³-hybridized carbons (Fsp3) is 0.417. The molecule has 1 amide bonds. The van der Waals surface area contributed by atoms with Crippen LogP contribution < -0.4 is 5.32 Å². The van der Waals surface area contributed by atoms with Gasteiger partial charge in [-0.1, -0.05) is 0 Å². The molecule has 7 heteroatoms. The van der Waals surface area contributed by atoms with Crippen LogP contribution in [0.3, 0.4) is 0 Å². The lowest BCUT2D eigenvalue weighted by atomic mass is 10.1. The third-order valence-electron chi connectivity index (χ3n) is 2.98. The van der Waals surface area contributed by atoms with Crippen molar-refractivity contribution in [1.82, 2.24) is 5.32 Å². The standard InChI is InChI=1S/C12H13BrFNO3S/c13-10-6-8(3-4-11(10)14)12(16)15-9-2-1-5-19(17,18)7-9/h3-4,6,9H,1-2,5,7H2,(H,15,16). The molecule has 0 spiro atoms. The molecule has 4 nitrogen and oxygen atoms in total. The van der Waals surface area contributed by atoms with Gasteiger partial charge in [-0.15, -0.1) is 0 Å². The average Bonchev–Trinajstić information content (AvgIpc) is 2.31.